The van der Waals surface area contributed by atoms with Crippen LogP contribution >= 0.6 is 0 Å². The summed E-state index contributed by atoms with van der Waals surface area (Å²) in [5.41, 5.74) is 2.26. The van der Waals surface area contributed by atoms with Crippen LogP contribution in [-0.2, 0) is 0 Å². The third-order valence-electron chi connectivity index (χ3n) is 2.79. The Balaban J connectivity index is 2.78. The normalized spacial score (nSPS) is 15.1. The summed E-state index contributed by atoms with van der Waals surface area (Å²) in [5.74, 6) is 0.348. The molecular formula is C13H20O. The predicted molar refractivity (Wildman–Crippen MR) is 60.2 cm³/mol. The van der Waals surface area contributed by atoms with Gasteiger partial charge in [0.25, 0.3) is 0 Å². The van der Waals surface area contributed by atoms with Gasteiger partial charge in [0.15, 0.2) is 0 Å². The Labute approximate surface area is 86.8 Å². The molecule has 1 rings (SSSR count). The molecule has 1 nitrogen and oxygen atoms in total. The summed E-state index contributed by atoms with van der Waals surface area (Å²) in [5, 5.41) is 10.1. The third kappa shape index (κ3) is 2.58. The number of aliphatic hydroxyl groups excluding tert-OH is 1. The van der Waals surface area contributed by atoms with Gasteiger partial charge in [0.2, 0.25) is 0 Å². The van der Waals surface area contributed by atoms with E-state index in [0.717, 1.165) is 18.4 Å². The Morgan fingerprint density at radius 2 is 1.93 bits per heavy atom. The molecule has 14 heavy (non-hydrogen) atoms. The van der Waals surface area contributed by atoms with Crippen molar-refractivity contribution in [3.05, 3.63) is 35.4 Å². The topological polar surface area (TPSA) is 20.2 Å². The molecular weight excluding hydrogens is 172 g/mol. The average molecular weight is 192 g/mol. The predicted octanol–water partition coefficient (Wildman–Crippen LogP) is 3.46. The average Bonchev–Trinajstić information content (AvgIpc) is 2.18. The van der Waals surface area contributed by atoms with Gasteiger partial charge in [-0.2, -0.15) is 0 Å². The Kier molecular flexibility index (Phi) is 4.15. The fraction of sp³-hybridized carbons (Fsp3) is 0.538. The van der Waals surface area contributed by atoms with Crippen LogP contribution in [0.2, 0.25) is 0 Å². The molecule has 0 aromatic heterocycles. The number of aryl methyl sites for hydroxylation is 1. The SMILES string of the molecule is CCCC(C)C(O)c1ccccc1C. The molecule has 0 amide bonds. The molecule has 0 saturated carbocycles. The number of hydrogen-bond acceptors (Lipinski definition) is 1. The van der Waals surface area contributed by atoms with Gasteiger partial charge in [-0.05, 0) is 30.4 Å². The zero-order chi connectivity index (χ0) is 10.6. The van der Waals surface area contributed by atoms with Crippen molar-refractivity contribution >= 4 is 0 Å². The van der Waals surface area contributed by atoms with Crippen LogP contribution in [0, 0.1) is 12.8 Å². The highest BCUT2D eigenvalue weighted by Gasteiger charge is 2.16. The summed E-state index contributed by atoms with van der Waals surface area (Å²) >= 11 is 0. The second-order valence-corrected chi connectivity index (χ2v) is 4.07. The second kappa shape index (κ2) is 5.16. The fourth-order valence-electron chi connectivity index (χ4n) is 1.84. The summed E-state index contributed by atoms with van der Waals surface area (Å²) in [6, 6.07) is 8.07. The molecule has 2 unspecified atom stereocenters. The quantitative estimate of drug-likeness (QED) is 0.774. The monoisotopic (exact) mass is 192 g/mol. The number of benzene rings is 1. The molecule has 0 bridgehead atoms. The largest absolute Gasteiger partial charge is 0.388 e. The van der Waals surface area contributed by atoms with Gasteiger partial charge >= 0.3 is 0 Å². The maximum absolute atomic E-state index is 10.1. The van der Waals surface area contributed by atoms with Crippen molar-refractivity contribution < 1.29 is 5.11 Å². The first-order valence-corrected chi connectivity index (χ1v) is 5.40. The minimum Gasteiger partial charge on any atom is -0.388 e. The lowest BCUT2D eigenvalue weighted by atomic mass is 9.91. The van der Waals surface area contributed by atoms with E-state index in [4.69, 9.17) is 0 Å². The van der Waals surface area contributed by atoms with Crippen molar-refractivity contribution in [2.45, 2.75) is 39.7 Å². The molecule has 0 aliphatic heterocycles. The van der Waals surface area contributed by atoms with E-state index in [-0.39, 0.29) is 6.10 Å². The molecule has 0 aliphatic rings. The van der Waals surface area contributed by atoms with Crippen molar-refractivity contribution in [1.29, 1.82) is 0 Å². The zero-order valence-electron chi connectivity index (χ0n) is 9.33. The standard InChI is InChI=1S/C13H20O/c1-4-7-11(3)13(14)12-9-6-5-8-10(12)2/h5-6,8-9,11,13-14H,4,7H2,1-3H3. The van der Waals surface area contributed by atoms with Gasteiger partial charge < -0.3 is 5.11 Å². The van der Waals surface area contributed by atoms with Crippen molar-refractivity contribution in [3.8, 4) is 0 Å². The van der Waals surface area contributed by atoms with Crippen LogP contribution in [0.1, 0.15) is 43.9 Å². The molecule has 1 aromatic rings. The lowest BCUT2D eigenvalue weighted by Crippen LogP contribution is -2.10. The Morgan fingerprint density at radius 3 is 2.50 bits per heavy atom. The molecule has 78 valence electrons. The van der Waals surface area contributed by atoms with Crippen LogP contribution < -0.4 is 0 Å². The molecule has 0 aliphatic carbocycles. The summed E-state index contributed by atoms with van der Waals surface area (Å²) in [6.07, 6.45) is 1.90. The van der Waals surface area contributed by atoms with Gasteiger partial charge in [-0.25, -0.2) is 0 Å². The molecule has 0 radical (unpaired) electrons. The van der Waals surface area contributed by atoms with Gasteiger partial charge in [0, 0.05) is 0 Å². The molecule has 1 heteroatoms. The van der Waals surface area contributed by atoms with Gasteiger partial charge in [-0.15, -0.1) is 0 Å². The van der Waals surface area contributed by atoms with Crippen molar-refractivity contribution in [2.75, 3.05) is 0 Å². The summed E-state index contributed by atoms with van der Waals surface area (Å²) in [7, 11) is 0. The van der Waals surface area contributed by atoms with Crippen LogP contribution in [0.5, 0.6) is 0 Å². The zero-order valence-corrected chi connectivity index (χ0v) is 9.33. The molecule has 0 fully saturated rings. The lowest BCUT2D eigenvalue weighted by molar-refractivity contribution is 0.112. The maximum Gasteiger partial charge on any atom is 0.0818 e. The molecule has 0 saturated heterocycles. The smallest absolute Gasteiger partial charge is 0.0818 e. The molecule has 0 spiro atoms. The fourth-order valence-corrected chi connectivity index (χ4v) is 1.84. The summed E-state index contributed by atoms with van der Waals surface area (Å²) < 4.78 is 0. The van der Waals surface area contributed by atoms with E-state index in [1.165, 1.54) is 5.56 Å². The highest BCUT2D eigenvalue weighted by atomic mass is 16.3. The first-order chi connectivity index (χ1) is 6.66. The minimum absolute atomic E-state index is 0.309. The number of rotatable bonds is 4. The summed E-state index contributed by atoms with van der Waals surface area (Å²) in [6.45, 7) is 6.32. The van der Waals surface area contributed by atoms with Crippen molar-refractivity contribution in [3.63, 3.8) is 0 Å². The van der Waals surface area contributed by atoms with E-state index in [9.17, 15) is 5.11 Å². The van der Waals surface area contributed by atoms with E-state index in [0.29, 0.717) is 5.92 Å². The van der Waals surface area contributed by atoms with E-state index in [1.54, 1.807) is 0 Å². The first kappa shape index (κ1) is 11.3. The van der Waals surface area contributed by atoms with E-state index in [2.05, 4.69) is 26.8 Å². The molecule has 0 heterocycles. The van der Waals surface area contributed by atoms with Gasteiger partial charge in [0.05, 0.1) is 6.10 Å². The number of aliphatic hydroxyl groups is 1. The highest BCUT2D eigenvalue weighted by Crippen LogP contribution is 2.27. The molecule has 2 atom stereocenters. The maximum atomic E-state index is 10.1. The van der Waals surface area contributed by atoms with Crippen LogP contribution in [-0.4, -0.2) is 5.11 Å². The van der Waals surface area contributed by atoms with Crippen molar-refractivity contribution in [1.82, 2.24) is 0 Å². The Morgan fingerprint density at radius 1 is 1.29 bits per heavy atom. The second-order valence-electron chi connectivity index (χ2n) is 4.07. The van der Waals surface area contributed by atoms with Crippen LogP contribution in [0.3, 0.4) is 0 Å². The Bertz CT molecular complexity index is 280. The van der Waals surface area contributed by atoms with E-state index >= 15 is 0 Å². The van der Waals surface area contributed by atoms with Crippen LogP contribution in [0.15, 0.2) is 24.3 Å². The van der Waals surface area contributed by atoms with Gasteiger partial charge in [-0.1, -0.05) is 44.5 Å². The lowest BCUT2D eigenvalue weighted by Gasteiger charge is -2.20. The van der Waals surface area contributed by atoms with Crippen molar-refractivity contribution in [2.24, 2.45) is 5.92 Å². The first-order valence-electron chi connectivity index (χ1n) is 5.40. The minimum atomic E-state index is -0.309. The van der Waals surface area contributed by atoms with E-state index < -0.39 is 0 Å². The Hall–Kier alpha value is -0.820. The highest BCUT2D eigenvalue weighted by molar-refractivity contribution is 5.27. The van der Waals surface area contributed by atoms with Gasteiger partial charge in [0.1, 0.15) is 0 Å². The summed E-state index contributed by atoms with van der Waals surface area (Å²) in [4.78, 5) is 0. The molecule has 1 N–H and O–H groups in total. The van der Waals surface area contributed by atoms with Gasteiger partial charge in [-0.3, -0.25) is 0 Å². The van der Waals surface area contributed by atoms with E-state index in [1.807, 2.05) is 18.2 Å². The third-order valence-corrected chi connectivity index (χ3v) is 2.79. The van der Waals surface area contributed by atoms with Crippen LogP contribution in [0.4, 0.5) is 0 Å². The molecule has 1 aromatic carbocycles. The number of hydrogen-bond donors (Lipinski definition) is 1. The van der Waals surface area contributed by atoms with Crippen LogP contribution in [0.25, 0.3) is 0 Å².